The van der Waals surface area contributed by atoms with E-state index >= 15 is 0 Å². The smallest absolute Gasteiger partial charge is 0.253 e. The van der Waals surface area contributed by atoms with Crippen molar-refractivity contribution in [2.75, 3.05) is 36.5 Å². The third-order valence-corrected chi connectivity index (χ3v) is 6.11. The number of carbonyl (C=O) groups is 2. The Morgan fingerprint density at radius 3 is 2.23 bits per heavy atom. The van der Waals surface area contributed by atoms with Crippen molar-refractivity contribution in [1.82, 2.24) is 5.32 Å². The molecule has 0 spiro atoms. The zero-order chi connectivity index (χ0) is 24.3. The normalized spacial score (nSPS) is 13.3. The van der Waals surface area contributed by atoms with Gasteiger partial charge in [0.05, 0.1) is 12.2 Å². The van der Waals surface area contributed by atoms with Crippen LogP contribution in [0.1, 0.15) is 40.7 Å². The molecule has 0 unspecified atom stereocenters. The number of piperidine rings is 1. The first kappa shape index (κ1) is 24.5. The van der Waals surface area contributed by atoms with E-state index in [9.17, 15) is 9.59 Å². The molecule has 1 fully saturated rings. The van der Waals surface area contributed by atoms with Crippen molar-refractivity contribution in [1.29, 1.82) is 0 Å². The fourth-order valence-corrected chi connectivity index (χ4v) is 4.30. The lowest BCUT2D eigenvalue weighted by molar-refractivity contribution is -0.121. The maximum atomic E-state index is 13.2. The van der Waals surface area contributed by atoms with Crippen LogP contribution in [0.5, 0.6) is 0 Å². The third-order valence-electron chi connectivity index (χ3n) is 6.11. The van der Waals surface area contributed by atoms with E-state index in [1.54, 1.807) is 6.07 Å². The molecule has 1 aliphatic rings. The Hall–Kier alpha value is -3.64. The summed E-state index contributed by atoms with van der Waals surface area (Å²) in [5.41, 5.74) is 4.29. The maximum absolute atomic E-state index is 13.2. The van der Waals surface area contributed by atoms with Gasteiger partial charge >= 0.3 is 0 Å². The first-order valence-corrected chi connectivity index (χ1v) is 12.3. The summed E-state index contributed by atoms with van der Waals surface area (Å²) in [7, 11) is 0. The van der Waals surface area contributed by atoms with E-state index in [0.717, 1.165) is 43.6 Å². The van der Waals surface area contributed by atoms with Crippen LogP contribution in [0.2, 0.25) is 0 Å². The Labute approximate surface area is 207 Å². The van der Waals surface area contributed by atoms with Gasteiger partial charge < -0.3 is 20.3 Å². The number of carbonyl (C=O) groups excluding carboxylic acids is 2. The van der Waals surface area contributed by atoms with Crippen LogP contribution in [-0.4, -0.2) is 38.1 Å². The minimum absolute atomic E-state index is 0.0542. The van der Waals surface area contributed by atoms with Crippen LogP contribution in [0.15, 0.2) is 78.9 Å². The van der Waals surface area contributed by atoms with E-state index in [2.05, 4.69) is 27.7 Å². The lowest BCUT2D eigenvalue weighted by Crippen LogP contribution is -2.33. The van der Waals surface area contributed by atoms with E-state index in [0.29, 0.717) is 24.4 Å². The van der Waals surface area contributed by atoms with Crippen molar-refractivity contribution in [2.24, 2.45) is 0 Å². The highest BCUT2D eigenvalue weighted by atomic mass is 16.5. The molecule has 1 aliphatic heterocycles. The zero-order valence-electron chi connectivity index (χ0n) is 20.0. The van der Waals surface area contributed by atoms with Crippen LogP contribution in [0, 0.1) is 0 Å². The number of hydrogen-bond acceptors (Lipinski definition) is 4. The molecule has 3 aromatic rings. The predicted octanol–water partition coefficient (Wildman–Crippen LogP) is 4.80. The number of rotatable bonds is 10. The first-order valence-electron chi connectivity index (χ1n) is 12.3. The SMILES string of the molecule is O=C(COCc1ccccc1)Nc1ccc(N2CCCCC2)c(C(=O)NCCc2ccccc2)c1. The summed E-state index contributed by atoms with van der Waals surface area (Å²) in [5.74, 6) is -0.375. The van der Waals surface area contributed by atoms with Crippen molar-refractivity contribution < 1.29 is 14.3 Å². The number of amides is 2. The predicted molar refractivity (Wildman–Crippen MR) is 140 cm³/mol. The summed E-state index contributed by atoms with van der Waals surface area (Å²) in [6, 6.07) is 25.4. The fourth-order valence-electron chi connectivity index (χ4n) is 4.30. The Morgan fingerprint density at radius 2 is 1.51 bits per heavy atom. The number of nitrogens with zero attached hydrogens (tertiary/aromatic N) is 1. The highest BCUT2D eigenvalue weighted by Gasteiger charge is 2.19. The van der Waals surface area contributed by atoms with Gasteiger partial charge in [0.2, 0.25) is 5.91 Å². The van der Waals surface area contributed by atoms with Crippen LogP contribution in [-0.2, 0) is 22.6 Å². The van der Waals surface area contributed by atoms with Gasteiger partial charge in [-0.05, 0) is 55.0 Å². The molecular formula is C29H33N3O3. The molecule has 2 amide bonds. The van der Waals surface area contributed by atoms with E-state index in [1.165, 1.54) is 12.0 Å². The van der Waals surface area contributed by atoms with E-state index < -0.39 is 0 Å². The topological polar surface area (TPSA) is 70.7 Å². The molecule has 3 aromatic carbocycles. The summed E-state index contributed by atoms with van der Waals surface area (Å²) in [4.78, 5) is 27.9. The Kier molecular flexibility index (Phi) is 8.90. The molecule has 0 aliphatic carbocycles. The zero-order valence-corrected chi connectivity index (χ0v) is 20.0. The molecule has 0 atom stereocenters. The molecule has 0 bridgehead atoms. The molecule has 1 heterocycles. The lowest BCUT2D eigenvalue weighted by Gasteiger charge is -2.30. The first-order chi connectivity index (χ1) is 17.2. The highest BCUT2D eigenvalue weighted by Crippen LogP contribution is 2.27. The second-order valence-corrected chi connectivity index (χ2v) is 8.80. The third kappa shape index (κ3) is 7.42. The van der Waals surface area contributed by atoms with Crippen molar-refractivity contribution >= 4 is 23.2 Å². The molecule has 182 valence electrons. The summed E-state index contributed by atoms with van der Waals surface area (Å²) in [5, 5.41) is 5.93. The van der Waals surface area contributed by atoms with Crippen LogP contribution < -0.4 is 15.5 Å². The van der Waals surface area contributed by atoms with Crippen LogP contribution in [0.25, 0.3) is 0 Å². The highest BCUT2D eigenvalue weighted by molar-refractivity contribution is 6.02. The minimum Gasteiger partial charge on any atom is -0.371 e. The summed E-state index contributed by atoms with van der Waals surface area (Å²) >= 11 is 0. The van der Waals surface area contributed by atoms with Gasteiger partial charge in [-0.2, -0.15) is 0 Å². The standard InChI is InChI=1S/C29H33N3O3/c33-28(22-35-21-24-12-6-2-7-13-24)31-25-14-15-27(32-18-8-3-9-19-32)26(20-25)29(34)30-17-16-23-10-4-1-5-11-23/h1-2,4-7,10-15,20H,3,8-9,16-19,21-22H2,(H,30,34)(H,31,33). The van der Waals surface area contributed by atoms with Crippen molar-refractivity contribution in [3.63, 3.8) is 0 Å². The fraction of sp³-hybridized carbons (Fsp3) is 0.310. The number of ether oxygens (including phenoxy) is 1. The molecule has 4 rings (SSSR count). The van der Waals surface area contributed by atoms with Gasteiger partial charge in [0.1, 0.15) is 6.61 Å². The molecule has 1 saturated heterocycles. The average molecular weight is 472 g/mol. The van der Waals surface area contributed by atoms with Crippen LogP contribution in [0.4, 0.5) is 11.4 Å². The monoisotopic (exact) mass is 471 g/mol. The van der Waals surface area contributed by atoms with E-state index in [4.69, 9.17) is 4.74 Å². The molecule has 35 heavy (non-hydrogen) atoms. The van der Waals surface area contributed by atoms with Gasteiger partial charge in [0.25, 0.3) is 5.91 Å². The Balaban J connectivity index is 1.39. The number of benzene rings is 3. The van der Waals surface area contributed by atoms with Gasteiger partial charge in [-0.25, -0.2) is 0 Å². The molecule has 2 N–H and O–H groups in total. The molecule has 6 nitrogen and oxygen atoms in total. The van der Waals surface area contributed by atoms with Gasteiger partial charge in [-0.1, -0.05) is 60.7 Å². The molecule has 0 radical (unpaired) electrons. The summed E-state index contributed by atoms with van der Waals surface area (Å²) in [6.07, 6.45) is 4.21. The largest absolute Gasteiger partial charge is 0.371 e. The molecule has 6 heteroatoms. The summed E-state index contributed by atoms with van der Waals surface area (Å²) < 4.78 is 5.55. The molecular weight excluding hydrogens is 438 g/mol. The van der Waals surface area contributed by atoms with Crippen molar-refractivity contribution in [3.05, 3.63) is 95.6 Å². The number of hydrogen-bond donors (Lipinski definition) is 2. The second-order valence-electron chi connectivity index (χ2n) is 8.80. The maximum Gasteiger partial charge on any atom is 0.253 e. The second kappa shape index (κ2) is 12.7. The van der Waals surface area contributed by atoms with Crippen LogP contribution in [0.3, 0.4) is 0 Å². The van der Waals surface area contributed by atoms with Crippen molar-refractivity contribution in [2.45, 2.75) is 32.3 Å². The molecule has 0 saturated carbocycles. The number of anilines is 2. The van der Waals surface area contributed by atoms with Gasteiger partial charge in [-0.3, -0.25) is 9.59 Å². The van der Waals surface area contributed by atoms with Crippen LogP contribution >= 0.6 is 0 Å². The van der Waals surface area contributed by atoms with E-state index in [-0.39, 0.29) is 18.4 Å². The van der Waals surface area contributed by atoms with Gasteiger partial charge in [-0.15, -0.1) is 0 Å². The van der Waals surface area contributed by atoms with Gasteiger partial charge in [0, 0.05) is 31.0 Å². The van der Waals surface area contributed by atoms with Gasteiger partial charge in [0.15, 0.2) is 0 Å². The minimum atomic E-state index is -0.248. The Morgan fingerprint density at radius 1 is 0.829 bits per heavy atom. The average Bonchev–Trinajstić information content (AvgIpc) is 2.90. The van der Waals surface area contributed by atoms with E-state index in [1.807, 2.05) is 60.7 Å². The Bertz CT molecular complexity index is 1100. The lowest BCUT2D eigenvalue weighted by atomic mass is 10.1. The van der Waals surface area contributed by atoms with Crippen molar-refractivity contribution in [3.8, 4) is 0 Å². The number of nitrogens with one attached hydrogen (secondary N) is 2. The summed E-state index contributed by atoms with van der Waals surface area (Å²) in [6.45, 7) is 2.73. The molecule has 0 aromatic heterocycles. The quantitative estimate of drug-likeness (QED) is 0.445.